The van der Waals surface area contributed by atoms with E-state index in [-0.39, 0.29) is 11.7 Å². The Balaban J connectivity index is 1.83. The lowest BCUT2D eigenvalue weighted by molar-refractivity contribution is -0.130. The molecular weight excluding hydrogens is 275 g/mol. The number of amides is 1. The van der Waals surface area contributed by atoms with Gasteiger partial charge in [-0.15, -0.1) is 11.3 Å². The largest absolute Gasteiger partial charge is 0.340 e. The van der Waals surface area contributed by atoms with Gasteiger partial charge in [0, 0.05) is 18.8 Å². The quantitative estimate of drug-likeness (QED) is 0.848. The lowest BCUT2D eigenvalue weighted by Crippen LogP contribution is -2.26. The molecule has 20 heavy (non-hydrogen) atoms. The minimum atomic E-state index is -0.254. The second-order valence-corrected chi connectivity index (χ2v) is 5.80. The molecule has 0 fully saturated rings. The Kier molecular flexibility index (Phi) is 4.84. The van der Waals surface area contributed by atoms with Gasteiger partial charge < -0.3 is 4.90 Å². The normalized spacial score (nSPS) is 10.6. The summed E-state index contributed by atoms with van der Waals surface area (Å²) in [6.45, 7) is 2.48. The number of aryl methyl sites for hydroxylation is 2. The number of rotatable bonds is 5. The number of halogens is 1. The van der Waals surface area contributed by atoms with Crippen molar-refractivity contribution >= 4 is 17.2 Å². The second kappa shape index (κ2) is 6.61. The predicted octanol–water partition coefficient (Wildman–Crippen LogP) is 3.18. The summed E-state index contributed by atoms with van der Waals surface area (Å²) < 4.78 is 12.8. The lowest BCUT2D eigenvalue weighted by Gasteiger charge is -2.15. The first-order valence-electron chi connectivity index (χ1n) is 6.44. The van der Waals surface area contributed by atoms with Crippen LogP contribution in [0.3, 0.4) is 0 Å². The van der Waals surface area contributed by atoms with Gasteiger partial charge in [0.1, 0.15) is 5.82 Å². The summed E-state index contributed by atoms with van der Waals surface area (Å²) >= 11 is 1.59. The summed E-state index contributed by atoms with van der Waals surface area (Å²) in [5.41, 5.74) is 1.89. The van der Waals surface area contributed by atoms with Crippen molar-refractivity contribution in [3.05, 3.63) is 51.7 Å². The van der Waals surface area contributed by atoms with Gasteiger partial charge in [0.2, 0.25) is 5.91 Å². The van der Waals surface area contributed by atoms with E-state index in [0.29, 0.717) is 19.4 Å². The molecule has 0 saturated heterocycles. The number of carbonyl (C=O) groups is 1. The number of thiazole rings is 1. The van der Waals surface area contributed by atoms with Crippen LogP contribution in [0.5, 0.6) is 0 Å². The van der Waals surface area contributed by atoms with Crippen LogP contribution in [0.15, 0.2) is 29.6 Å². The van der Waals surface area contributed by atoms with E-state index in [1.807, 2.05) is 12.3 Å². The Morgan fingerprint density at radius 1 is 1.35 bits per heavy atom. The second-order valence-electron chi connectivity index (χ2n) is 4.73. The molecule has 1 aromatic heterocycles. The van der Waals surface area contributed by atoms with Gasteiger partial charge in [-0.3, -0.25) is 4.79 Å². The molecule has 1 amide bonds. The first kappa shape index (κ1) is 14.7. The number of nitrogens with zero attached hydrogens (tertiary/aromatic N) is 2. The Morgan fingerprint density at radius 3 is 2.65 bits per heavy atom. The summed E-state index contributed by atoms with van der Waals surface area (Å²) in [5, 5.41) is 2.98. The zero-order valence-electron chi connectivity index (χ0n) is 11.6. The zero-order valence-corrected chi connectivity index (χ0v) is 12.4. The molecule has 0 atom stereocenters. The van der Waals surface area contributed by atoms with E-state index in [1.54, 1.807) is 35.4 Å². The van der Waals surface area contributed by atoms with Gasteiger partial charge in [0.05, 0.1) is 17.2 Å². The van der Waals surface area contributed by atoms with Crippen LogP contribution in [0.4, 0.5) is 4.39 Å². The van der Waals surface area contributed by atoms with E-state index >= 15 is 0 Å². The van der Waals surface area contributed by atoms with Crippen LogP contribution in [0.1, 0.15) is 22.7 Å². The summed E-state index contributed by atoms with van der Waals surface area (Å²) in [4.78, 5) is 18.0. The smallest absolute Gasteiger partial charge is 0.222 e. The molecule has 5 heteroatoms. The summed E-state index contributed by atoms with van der Waals surface area (Å²) in [7, 11) is 1.78. The molecule has 0 aliphatic heterocycles. The minimum absolute atomic E-state index is 0.0694. The Labute approximate surface area is 122 Å². The molecule has 0 N–H and O–H groups in total. The van der Waals surface area contributed by atoms with Crippen molar-refractivity contribution in [2.45, 2.75) is 26.3 Å². The van der Waals surface area contributed by atoms with Gasteiger partial charge in [-0.05, 0) is 31.0 Å². The molecule has 0 unspecified atom stereocenters. The molecule has 0 aliphatic carbocycles. The summed E-state index contributed by atoms with van der Waals surface area (Å²) in [6, 6.07) is 6.27. The Bertz CT molecular complexity index is 580. The minimum Gasteiger partial charge on any atom is -0.340 e. The molecule has 0 radical (unpaired) electrons. The van der Waals surface area contributed by atoms with Gasteiger partial charge in [-0.2, -0.15) is 0 Å². The van der Waals surface area contributed by atoms with Gasteiger partial charge in [-0.25, -0.2) is 9.37 Å². The van der Waals surface area contributed by atoms with Crippen molar-refractivity contribution in [1.29, 1.82) is 0 Å². The average molecular weight is 292 g/mol. The van der Waals surface area contributed by atoms with Crippen molar-refractivity contribution in [2.75, 3.05) is 7.05 Å². The lowest BCUT2D eigenvalue weighted by atomic mass is 10.1. The van der Waals surface area contributed by atoms with Gasteiger partial charge in [0.25, 0.3) is 0 Å². The maximum atomic E-state index is 12.8. The summed E-state index contributed by atoms with van der Waals surface area (Å²) in [5.74, 6) is -0.184. The molecule has 0 aliphatic rings. The molecule has 2 aromatic rings. The van der Waals surface area contributed by atoms with Crippen LogP contribution < -0.4 is 0 Å². The highest BCUT2D eigenvalue weighted by Crippen LogP contribution is 2.11. The Morgan fingerprint density at radius 2 is 2.05 bits per heavy atom. The Hall–Kier alpha value is -1.75. The third-order valence-corrected chi connectivity index (χ3v) is 3.85. The number of hydrogen-bond acceptors (Lipinski definition) is 3. The van der Waals surface area contributed by atoms with Gasteiger partial charge >= 0.3 is 0 Å². The zero-order chi connectivity index (χ0) is 14.5. The SMILES string of the molecule is Cc1nc(CN(C)C(=O)CCc2ccc(F)cc2)cs1. The van der Waals surface area contributed by atoms with Crippen LogP contribution >= 0.6 is 11.3 Å². The fraction of sp³-hybridized carbons (Fsp3) is 0.333. The van der Waals surface area contributed by atoms with Crippen molar-refractivity contribution in [1.82, 2.24) is 9.88 Å². The third kappa shape index (κ3) is 4.13. The molecule has 0 saturated carbocycles. The van der Waals surface area contributed by atoms with Crippen LogP contribution in [0.2, 0.25) is 0 Å². The van der Waals surface area contributed by atoms with Crippen molar-refractivity contribution < 1.29 is 9.18 Å². The fourth-order valence-electron chi connectivity index (χ4n) is 1.91. The summed E-state index contributed by atoms with van der Waals surface area (Å²) in [6.07, 6.45) is 1.05. The molecule has 3 nitrogen and oxygen atoms in total. The van der Waals surface area contributed by atoms with E-state index in [4.69, 9.17) is 0 Å². The van der Waals surface area contributed by atoms with E-state index in [0.717, 1.165) is 16.3 Å². The van der Waals surface area contributed by atoms with Crippen LogP contribution in [-0.4, -0.2) is 22.8 Å². The van der Waals surface area contributed by atoms with Crippen LogP contribution in [0.25, 0.3) is 0 Å². The highest BCUT2D eigenvalue weighted by molar-refractivity contribution is 7.09. The van der Waals surface area contributed by atoms with Crippen molar-refractivity contribution in [3.8, 4) is 0 Å². The van der Waals surface area contributed by atoms with E-state index in [9.17, 15) is 9.18 Å². The molecule has 1 heterocycles. The maximum absolute atomic E-state index is 12.8. The first-order chi connectivity index (χ1) is 9.54. The molecule has 106 valence electrons. The number of hydrogen-bond donors (Lipinski definition) is 0. The monoisotopic (exact) mass is 292 g/mol. The third-order valence-electron chi connectivity index (χ3n) is 3.03. The molecule has 2 rings (SSSR count). The number of carbonyl (C=O) groups excluding carboxylic acids is 1. The highest BCUT2D eigenvalue weighted by Gasteiger charge is 2.11. The topological polar surface area (TPSA) is 33.2 Å². The van der Waals surface area contributed by atoms with Crippen molar-refractivity contribution in [3.63, 3.8) is 0 Å². The predicted molar refractivity (Wildman–Crippen MR) is 78.0 cm³/mol. The number of benzene rings is 1. The highest BCUT2D eigenvalue weighted by atomic mass is 32.1. The fourth-order valence-corrected chi connectivity index (χ4v) is 2.51. The van der Waals surface area contributed by atoms with Gasteiger partial charge in [-0.1, -0.05) is 12.1 Å². The first-order valence-corrected chi connectivity index (χ1v) is 7.32. The molecular formula is C15H17FN2OS. The molecule has 0 bridgehead atoms. The van der Waals surface area contributed by atoms with E-state index in [1.165, 1.54) is 12.1 Å². The maximum Gasteiger partial charge on any atom is 0.222 e. The average Bonchev–Trinajstić information content (AvgIpc) is 2.83. The standard InChI is InChI=1S/C15H17FN2OS/c1-11-17-14(10-20-11)9-18(2)15(19)8-5-12-3-6-13(16)7-4-12/h3-4,6-7,10H,5,8-9H2,1-2H3. The molecule has 1 aromatic carbocycles. The van der Waals surface area contributed by atoms with Gasteiger partial charge in [0.15, 0.2) is 0 Å². The van der Waals surface area contributed by atoms with E-state index in [2.05, 4.69) is 4.98 Å². The van der Waals surface area contributed by atoms with Crippen LogP contribution in [0, 0.1) is 12.7 Å². The number of aromatic nitrogens is 1. The van der Waals surface area contributed by atoms with Crippen LogP contribution in [-0.2, 0) is 17.8 Å². The molecule has 0 spiro atoms. The van der Waals surface area contributed by atoms with E-state index < -0.39 is 0 Å². The van der Waals surface area contributed by atoms with Crippen molar-refractivity contribution in [2.24, 2.45) is 0 Å².